The first kappa shape index (κ1) is 20.0. The predicted octanol–water partition coefficient (Wildman–Crippen LogP) is 3.54. The van der Waals surface area contributed by atoms with E-state index in [-0.39, 0.29) is 11.4 Å². The van der Waals surface area contributed by atoms with Gasteiger partial charge in [0.1, 0.15) is 16.6 Å². The van der Waals surface area contributed by atoms with Crippen LogP contribution in [-0.2, 0) is 17.8 Å². The van der Waals surface area contributed by atoms with E-state index in [9.17, 15) is 9.18 Å². The first-order valence-electron chi connectivity index (χ1n) is 10.2. The molecule has 5 rings (SSSR count). The maximum absolute atomic E-state index is 14.2. The summed E-state index contributed by atoms with van der Waals surface area (Å²) in [7, 11) is 0. The highest BCUT2D eigenvalue weighted by molar-refractivity contribution is 7.09. The molecule has 1 aliphatic rings. The first-order valence-corrected chi connectivity index (χ1v) is 11.0. The van der Waals surface area contributed by atoms with Crippen LogP contribution in [0.2, 0.25) is 0 Å². The summed E-state index contributed by atoms with van der Waals surface area (Å²) in [4.78, 5) is 25.0. The summed E-state index contributed by atoms with van der Waals surface area (Å²) in [6.45, 7) is 3.83. The molecule has 0 atom stereocenters. The van der Waals surface area contributed by atoms with Crippen molar-refractivity contribution in [3.8, 4) is 11.3 Å². The highest BCUT2D eigenvalue weighted by Gasteiger charge is 2.18. The summed E-state index contributed by atoms with van der Waals surface area (Å²) in [5.41, 5.74) is 1.65. The van der Waals surface area contributed by atoms with Crippen LogP contribution in [0.3, 0.4) is 0 Å². The van der Waals surface area contributed by atoms with Gasteiger partial charge in [0, 0.05) is 24.0 Å². The van der Waals surface area contributed by atoms with Crippen molar-refractivity contribution < 1.29 is 9.13 Å². The minimum Gasteiger partial charge on any atom is -0.379 e. The average Bonchev–Trinajstić information content (AvgIpc) is 3.26. The van der Waals surface area contributed by atoms with Gasteiger partial charge in [-0.3, -0.25) is 14.3 Å². The van der Waals surface area contributed by atoms with Crippen LogP contribution in [0.15, 0.2) is 58.7 Å². The van der Waals surface area contributed by atoms with E-state index in [2.05, 4.69) is 9.88 Å². The van der Waals surface area contributed by atoms with Gasteiger partial charge in [0.25, 0.3) is 5.56 Å². The zero-order chi connectivity index (χ0) is 21.2. The van der Waals surface area contributed by atoms with Crippen molar-refractivity contribution in [2.24, 2.45) is 0 Å². The molecule has 0 unspecified atom stereocenters. The number of hydrogen-bond donors (Lipinski definition) is 0. The monoisotopic (exact) mass is 436 g/mol. The number of morpholine rings is 1. The van der Waals surface area contributed by atoms with Crippen LogP contribution in [0.1, 0.15) is 10.8 Å². The Morgan fingerprint density at radius 2 is 1.77 bits per heavy atom. The van der Waals surface area contributed by atoms with Crippen molar-refractivity contribution in [1.29, 1.82) is 0 Å². The Morgan fingerprint density at radius 3 is 2.61 bits per heavy atom. The summed E-state index contributed by atoms with van der Waals surface area (Å²) in [6.07, 6.45) is 0. The van der Waals surface area contributed by atoms with Crippen molar-refractivity contribution in [3.63, 3.8) is 0 Å². The van der Waals surface area contributed by atoms with Crippen LogP contribution in [0.4, 0.5) is 4.39 Å². The Bertz CT molecular complexity index is 1280. The van der Waals surface area contributed by atoms with Crippen molar-refractivity contribution in [3.05, 3.63) is 80.9 Å². The second-order valence-corrected chi connectivity index (χ2v) is 8.37. The van der Waals surface area contributed by atoms with Gasteiger partial charge in [-0.2, -0.15) is 0 Å². The van der Waals surface area contributed by atoms with Gasteiger partial charge < -0.3 is 4.74 Å². The Hall–Kier alpha value is -2.94. The normalized spacial score (nSPS) is 14.9. The molecular weight excluding hydrogens is 415 g/mol. The Morgan fingerprint density at radius 1 is 1.00 bits per heavy atom. The summed E-state index contributed by atoms with van der Waals surface area (Å²) >= 11 is 1.42. The topological polar surface area (TPSA) is 60.3 Å². The molecule has 2 aromatic heterocycles. The highest BCUT2D eigenvalue weighted by atomic mass is 32.1. The second kappa shape index (κ2) is 8.66. The minimum absolute atomic E-state index is 0.0866. The van der Waals surface area contributed by atoms with Crippen LogP contribution in [-0.4, -0.2) is 45.7 Å². The number of aromatic nitrogens is 3. The van der Waals surface area contributed by atoms with Gasteiger partial charge >= 0.3 is 0 Å². The summed E-state index contributed by atoms with van der Waals surface area (Å²) in [5.74, 6) is 0.394. The van der Waals surface area contributed by atoms with E-state index < -0.39 is 0 Å². The number of benzene rings is 2. The molecule has 0 spiro atoms. The maximum atomic E-state index is 14.2. The quantitative estimate of drug-likeness (QED) is 0.479. The first-order chi connectivity index (χ1) is 15.2. The molecule has 1 fully saturated rings. The lowest BCUT2D eigenvalue weighted by Gasteiger charge is -2.27. The average molecular weight is 437 g/mol. The minimum atomic E-state index is -0.308. The van der Waals surface area contributed by atoms with Crippen molar-refractivity contribution >= 4 is 22.2 Å². The molecule has 0 aliphatic carbocycles. The van der Waals surface area contributed by atoms with Crippen molar-refractivity contribution in [2.75, 3.05) is 26.3 Å². The molecule has 0 radical (unpaired) electrons. The van der Waals surface area contributed by atoms with Gasteiger partial charge in [-0.15, -0.1) is 11.3 Å². The molecule has 1 aliphatic heterocycles. The molecule has 8 heteroatoms. The fourth-order valence-electron chi connectivity index (χ4n) is 3.77. The van der Waals surface area contributed by atoms with Crippen LogP contribution in [0, 0.1) is 5.82 Å². The lowest BCUT2D eigenvalue weighted by molar-refractivity contribution is 0.0325. The van der Waals surface area contributed by atoms with E-state index >= 15 is 0 Å². The van der Waals surface area contributed by atoms with E-state index in [0.29, 0.717) is 54.3 Å². The van der Waals surface area contributed by atoms with Gasteiger partial charge in [-0.1, -0.05) is 24.3 Å². The molecule has 0 amide bonds. The second-order valence-electron chi connectivity index (χ2n) is 7.43. The van der Waals surface area contributed by atoms with E-state index in [0.717, 1.165) is 18.1 Å². The third-order valence-electron chi connectivity index (χ3n) is 5.40. The number of hydrogen-bond acceptors (Lipinski definition) is 6. The number of thiazole rings is 1. The predicted molar refractivity (Wildman–Crippen MR) is 119 cm³/mol. The van der Waals surface area contributed by atoms with E-state index in [1.54, 1.807) is 28.8 Å². The van der Waals surface area contributed by atoms with Gasteiger partial charge in [-0.05, 0) is 24.3 Å². The molecule has 1 saturated heterocycles. The molecule has 0 saturated carbocycles. The van der Waals surface area contributed by atoms with Gasteiger partial charge in [0.05, 0.1) is 42.9 Å². The van der Waals surface area contributed by atoms with Gasteiger partial charge in [0.15, 0.2) is 0 Å². The zero-order valence-electron chi connectivity index (χ0n) is 16.8. The third kappa shape index (κ3) is 4.14. The standard InChI is InChI=1S/C23H21FN4O2S/c24-18-7-3-1-5-16(18)20-15-31-22(26-20)14-28-21(13-27-9-11-30-12-10-27)25-19-8-4-2-6-17(19)23(28)29/h1-8,15H,9-14H2. The van der Waals surface area contributed by atoms with Crippen LogP contribution < -0.4 is 5.56 Å². The Labute approximate surface area is 182 Å². The zero-order valence-corrected chi connectivity index (χ0v) is 17.6. The summed E-state index contributed by atoms with van der Waals surface area (Å²) in [6, 6.07) is 14.0. The summed E-state index contributed by atoms with van der Waals surface area (Å²) < 4.78 is 21.3. The lowest BCUT2D eigenvalue weighted by atomic mass is 10.2. The molecule has 6 nitrogen and oxygen atoms in total. The smallest absolute Gasteiger partial charge is 0.261 e. The Balaban J connectivity index is 1.52. The molecule has 0 N–H and O–H groups in total. The Kier molecular flexibility index (Phi) is 5.59. The lowest BCUT2D eigenvalue weighted by Crippen LogP contribution is -2.38. The number of nitrogens with zero attached hydrogens (tertiary/aromatic N) is 4. The van der Waals surface area contributed by atoms with E-state index in [4.69, 9.17) is 9.72 Å². The summed E-state index contributed by atoms with van der Waals surface area (Å²) in [5, 5.41) is 3.15. The third-order valence-corrected chi connectivity index (χ3v) is 6.24. The molecule has 4 aromatic rings. The molecule has 0 bridgehead atoms. The molecule has 31 heavy (non-hydrogen) atoms. The molecule has 2 aromatic carbocycles. The van der Waals surface area contributed by atoms with Crippen molar-refractivity contribution in [2.45, 2.75) is 13.1 Å². The molecule has 158 valence electrons. The molecule has 3 heterocycles. The maximum Gasteiger partial charge on any atom is 0.261 e. The number of halogens is 1. The van der Waals surface area contributed by atoms with Gasteiger partial charge in [-0.25, -0.2) is 14.4 Å². The number of para-hydroxylation sites is 1. The highest BCUT2D eigenvalue weighted by Crippen LogP contribution is 2.25. The fourth-order valence-corrected chi connectivity index (χ4v) is 4.55. The number of rotatable bonds is 5. The largest absolute Gasteiger partial charge is 0.379 e. The van der Waals surface area contributed by atoms with Crippen LogP contribution in [0.5, 0.6) is 0 Å². The van der Waals surface area contributed by atoms with E-state index in [1.165, 1.54) is 17.4 Å². The van der Waals surface area contributed by atoms with Crippen molar-refractivity contribution in [1.82, 2.24) is 19.4 Å². The van der Waals surface area contributed by atoms with E-state index in [1.807, 2.05) is 23.6 Å². The van der Waals surface area contributed by atoms with Gasteiger partial charge in [0.2, 0.25) is 0 Å². The number of ether oxygens (including phenoxy) is 1. The van der Waals surface area contributed by atoms with Crippen LogP contribution >= 0.6 is 11.3 Å². The van der Waals surface area contributed by atoms with Crippen LogP contribution in [0.25, 0.3) is 22.2 Å². The SMILES string of the molecule is O=c1c2ccccc2nc(CN2CCOCC2)n1Cc1nc(-c2ccccc2F)cs1. The molecular formula is C23H21FN4O2S. The fraction of sp³-hybridized carbons (Fsp3) is 0.261. The number of fused-ring (bicyclic) bond motifs is 1.